The van der Waals surface area contributed by atoms with Gasteiger partial charge in [0, 0.05) is 11.0 Å². The van der Waals surface area contributed by atoms with E-state index in [1.807, 2.05) is 48.5 Å². The van der Waals surface area contributed by atoms with Gasteiger partial charge in [0.05, 0.1) is 7.11 Å². The second kappa shape index (κ2) is 7.69. The van der Waals surface area contributed by atoms with Crippen LogP contribution < -0.4 is 14.8 Å². The molecular weight excluding hydrogens is 334 g/mol. The molecule has 0 saturated heterocycles. The maximum absolute atomic E-state index is 11.7. The summed E-state index contributed by atoms with van der Waals surface area (Å²) in [5.41, 5.74) is 1.01. The zero-order chi connectivity index (χ0) is 15.1. The van der Waals surface area contributed by atoms with Gasteiger partial charge >= 0.3 is 0 Å². The van der Waals surface area contributed by atoms with Crippen LogP contribution >= 0.6 is 15.9 Å². The van der Waals surface area contributed by atoms with Crippen molar-refractivity contribution < 1.29 is 14.3 Å². The Morgan fingerprint density at radius 2 is 1.90 bits per heavy atom. The number of benzene rings is 2. The van der Waals surface area contributed by atoms with Gasteiger partial charge in [0.2, 0.25) is 0 Å². The maximum Gasteiger partial charge on any atom is 0.258 e. The third kappa shape index (κ3) is 5.11. The van der Waals surface area contributed by atoms with Gasteiger partial charge < -0.3 is 14.8 Å². The number of carbonyl (C=O) groups excluding carboxylic acids is 1. The molecule has 2 aromatic carbocycles. The van der Waals surface area contributed by atoms with Crippen LogP contribution in [0.5, 0.6) is 11.5 Å². The highest BCUT2D eigenvalue weighted by molar-refractivity contribution is 9.10. The Balaban J connectivity index is 1.76. The average molecular weight is 350 g/mol. The number of hydrogen-bond donors (Lipinski definition) is 1. The van der Waals surface area contributed by atoms with Gasteiger partial charge in [-0.25, -0.2) is 0 Å². The first-order valence-electron chi connectivity index (χ1n) is 6.45. The third-order valence-electron chi connectivity index (χ3n) is 2.81. The maximum atomic E-state index is 11.7. The molecule has 5 heteroatoms. The fraction of sp³-hybridized carbons (Fsp3) is 0.188. The molecule has 2 rings (SSSR count). The highest BCUT2D eigenvalue weighted by Crippen LogP contribution is 2.17. The molecule has 21 heavy (non-hydrogen) atoms. The number of halogens is 1. The van der Waals surface area contributed by atoms with Crippen molar-refractivity contribution in [3.8, 4) is 11.5 Å². The monoisotopic (exact) mass is 349 g/mol. The molecule has 0 aliphatic rings. The minimum absolute atomic E-state index is 0.00733. The van der Waals surface area contributed by atoms with E-state index in [1.165, 1.54) is 0 Å². The first-order valence-corrected chi connectivity index (χ1v) is 7.24. The van der Waals surface area contributed by atoms with Gasteiger partial charge in [-0.3, -0.25) is 4.79 Å². The topological polar surface area (TPSA) is 47.6 Å². The van der Waals surface area contributed by atoms with Crippen LogP contribution in [0.3, 0.4) is 0 Å². The second-order valence-corrected chi connectivity index (χ2v) is 5.29. The van der Waals surface area contributed by atoms with Crippen molar-refractivity contribution in [2.75, 3.05) is 13.7 Å². The van der Waals surface area contributed by atoms with Gasteiger partial charge in [0.25, 0.3) is 5.91 Å². The van der Waals surface area contributed by atoms with E-state index in [0.29, 0.717) is 12.3 Å². The van der Waals surface area contributed by atoms with Gasteiger partial charge in [-0.1, -0.05) is 34.1 Å². The van der Waals surface area contributed by atoms with Crippen LogP contribution in [0.4, 0.5) is 0 Å². The van der Waals surface area contributed by atoms with Gasteiger partial charge in [-0.2, -0.15) is 0 Å². The normalized spacial score (nSPS) is 10.0. The van der Waals surface area contributed by atoms with E-state index < -0.39 is 0 Å². The van der Waals surface area contributed by atoms with Crippen molar-refractivity contribution in [1.29, 1.82) is 0 Å². The summed E-state index contributed by atoms with van der Waals surface area (Å²) in [4.78, 5) is 11.7. The van der Waals surface area contributed by atoms with Gasteiger partial charge in [-0.15, -0.1) is 0 Å². The highest BCUT2D eigenvalue weighted by atomic mass is 79.9. The quantitative estimate of drug-likeness (QED) is 0.871. The fourth-order valence-corrected chi connectivity index (χ4v) is 2.08. The molecule has 0 aromatic heterocycles. The second-order valence-electron chi connectivity index (χ2n) is 4.37. The van der Waals surface area contributed by atoms with Gasteiger partial charge in [-0.05, 0) is 35.9 Å². The lowest BCUT2D eigenvalue weighted by Gasteiger charge is -2.08. The van der Waals surface area contributed by atoms with E-state index in [4.69, 9.17) is 9.47 Å². The van der Waals surface area contributed by atoms with Crippen molar-refractivity contribution in [3.63, 3.8) is 0 Å². The molecule has 0 aliphatic carbocycles. The minimum Gasteiger partial charge on any atom is -0.497 e. The zero-order valence-electron chi connectivity index (χ0n) is 11.6. The number of nitrogens with one attached hydrogen (secondary N) is 1. The summed E-state index contributed by atoms with van der Waals surface area (Å²) in [6, 6.07) is 14.9. The van der Waals surface area contributed by atoms with E-state index in [0.717, 1.165) is 15.8 Å². The molecule has 4 nitrogen and oxygen atoms in total. The average Bonchev–Trinajstić information content (AvgIpc) is 2.51. The van der Waals surface area contributed by atoms with Crippen molar-refractivity contribution in [2.24, 2.45) is 0 Å². The standard InChI is InChI=1S/C16H16BrNO3/c1-20-14-7-5-12(6-8-14)10-18-16(19)11-21-15-4-2-3-13(17)9-15/h2-9H,10-11H2,1H3,(H,18,19). The molecule has 1 amide bonds. The van der Waals surface area contributed by atoms with Crippen LogP contribution in [0.15, 0.2) is 53.0 Å². The van der Waals surface area contributed by atoms with Crippen LogP contribution in [0.25, 0.3) is 0 Å². The summed E-state index contributed by atoms with van der Waals surface area (Å²) in [5.74, 6) is 1.29. The van der Waals surface area contributed by atoms with Gasteiger partial charge in [0.15, 0.2) is 6.61 Å². The Bertz CT molecular complexity index is 599. The van der Waals surface area contributed by atoms with Crippen molar-refractivity contribution in [3.05, 3.63) is 58.6 Å². The molecule has 0 aliphatic heterocycles. The summed E-state index contributed by atoms with van der Waals surface area (Å²) >= 11 is 3.35. The number of methoxy groups -OCH3 is 1. The molecule has 0 unspecified atom stereocenters. The Hall–Kier alpha value is -2.01. The van der Waals surface area contributed by atoms with Crippen LogP contribution in [-0.4, -0.2) is 19.6 Å². The summed E-state index contributed by atoms with van der Waals surface area (Å²) in [6.45, 7) is 0.456. The molecule has 0 spiro atoms. The summed E-state index contributed by atoms with van der Waals surface area (Å²) in [7, 11) is 1.62. The largest absolute Gasteiger partial charge is 0.497 e. The SMILES string of the molecule is COc1ccc(CNC(=O)COc2cccc(Br)c2)cc1. The van der Waals surface area contributed by atoms with Crippen molar-refractivity contribution in [2.45, 2.75) is 6.54 Å². The molecule has 0 saturated carbocycles. The van der Waals surface area contributed by atoms with E-state index in [9.17, 15) is 4.79 Å². The van der Waals surface area contributed by atoms with Crippen LogP contribution in [-0.2, 0) is 11.3 Å². The Kier molecular flexibility index (Phi) is 5.63. The lowest BCUT2D eigenvalue weighted by atomic mass is 10.2. The van der Waals surface area contributed by atoms with Crippen molar-refractivity contribution in [1.82, 2.24) is 5.32 Å². The number of carbonyl (C=O) groups is 1. The van der Waals surface area contributed by atoms with Crippen LogP contribution in [0.2, 0.25) is 0 Å². The molecule has 0 heterocycles. The molecule has 1 N–H and O–H groups in total. The van der Waals surface area contributed by atoms with E-state index >= 15 is 0 Å². The lowest BCUT2D eigenvalue weighted by Crippen LogP contribution is -2.28. The number of rotatable bonds is 6. The Labute approximate surface area is 132 Å². The van der Waals surface area contributed by atoms with E-state index in [2.05, 4.69) is 21.2 Å². The smallest absolute Gasteiger partial charge is 0.258 e. The summed E-state index contributed by atoms with van der Waals surface area (Å²) in [5, 5.41) is 2.80. The van der Waals surface area contributed by atoms with E-state index in [-0.39, 0.29) is 12.5 Å². The third-order valence-corrected chi connectivity index (χ3v) is 3.31. The number of amides is 1. The molecule has 110 valence electrons. The minimum atomic E-state index is -0.161. The first-order chi connectivity index (χ1) is 10.2. The molecule has 0 bridgehead atoms. The fourth-order valence-electron chi connectivity index (χ4n) is 1.70. The van der Waals surface area contributed by atoms with Crippen LogP contribution in [0.1, 0.15) is 5.56 Å². The van der Waals surface area contributed by atoms with Crippen molar-refractivity contribution >= 4 is 21.8 Å². The van der Waals surface area contributed by atoms with Gasteiger partial charge in [0.1, 0.15) is 11.5 Å². The summed E-state index contributed by atoms with van der Waals surface area (Å²) < 4.78 is 11.4. The number of hydrogen-bond acceptors (Lipinski definition) is 3. The summed E-state index contributed by atoms with van der Waals surface area (Å²) in [6.07, 6.45) is 0. The van der Waals surface area contributed by atoms with Crippen LogP contribution in [0, 0.1) is 0 Å². The Morgan fingerprint density at radius 3 is 2.57 bits per heavy atom. The highest BCUT2D eigenvalue weighted by Gasteiger charge is 2.03. The predicted octanol–water partition coefficient (Wildman–Crippen LogP) is 3.15. The lowest BCUT2D eigenvalue weighted by molar-refractivity contribution is -0.123. The molecular formula is C16H16BrNO3. The molecule has 0 atom stereocenters. The zero-order valence-corrected chi connectivity index (χ0v) is 13.2. The number of ether oxygens (including phenoxy) is 2. The Morgan fingerprint density at radius 1 is 1.14 bits per heavy atom. The molecule has 2 aromatic rings. The van der Waals surface area contributed by atoms with E-state index in [1.54, 1.807) is 7.11 Å². The molecule has 0 radical (unpaired) electrons. The molecule has 0 fully saturated rings. The predicted molar refractivity (Wildman–Crippen MR) is 84.5 cm³/mol. The first kappa shape index (κ1) is 15.4.